The Morgan fingerprint density at radius 2 is 1.42 bits per heavy atom. The summed E-state index contributed by atoms with van der Waals surface area (Å²) >= 11 is 0.227. The van der Waals surface area contributed by atoms with Gasteiger partial charge in [-0.2, -0.15) is 0 Å². The van der Waals surface area contributed by atoms with Gasteiger partial charge in [-0.3, -0.25) is 0 Å². The Hall–Kier alpha value is -0.718. The second-order valence-electron chi connectivity index (χ2n) is 2.58. The van der Waals surface area contributed by atoms with Crippen molar-refractivity contribution in [1.82, 2.24) is 2.71 Å². The third-order valence-corrected chi connectivity index (χ3v) is 3.52. The van der Waals surface area contributed by atoms with E-state index in [2.05, 4.69) is 0 Å². The molecule has 55 valence electrons. The van der Waals surface area contributed by atoms with Gasteiger partial charge in [0, 0.05) is 0 Å². The summed E-state index contributed by atoms with van der Waals surface area (Å²) in [6.07, 6.45) is 0. The molecule has 1 aromatic rings. The summed E-state index contributed by atoms with van der Waals surface area (Å²) in [5.41, 5.74) is 1.09. The van der Waals surface area contributed by atoms with Crippen molar-refractivity contribution >= 4 is 11.8 Å². The summed E-state index contributed by atoms with van der Waals surface area (Å²) in [5.74, 6) is -0.274. The van der Waals surface area contributed by atoms with E-state index in [1.54, 1.807) is 24.3 Å². The predicted octanol–water partition coefficient (Wildman–Crippen LogP) is 0.744. The number of benzene rings is 1. The molecule has 2 rings (SSSR count). The van der Waals surface area contributed by atoms with E-state index in [1.807, 2.05) is 0 Å². The van der Waals surface area contributed by atoms with Crippen LogP contribution in [0.1, 0.15) is 20.7 Å². The van der Waals surface area contributed by atoms with Crippen molar-refractivity contribution in [2.24, 2.45) is 0 Å². The Balaban J connectivity index is 2.67. The fourth-order valence-electron chi connectivity index (χ4n) is 1.24. The van der Waals surface area contributed by atoms with E-state index < -0.39 is 0 Å². The molecule has 0 N–H and O–H groups in total. The van der Waals surface area contributed by atoms with Crippen LogP contribution in [0.2, 0.25) is 0 Å². The van der Waals surface area contributed by atoms with E-state index in [9.17, 15) is 9.59 Å². The van der Waals surface area contributed by atoms with Gasteiger partial charge in [-0.1, -0.05) is 0 Å². The summed E-state index contributed by atoms with van der Waals surface area (Å²) in [5, 5.41) is 0. The molecule has 0 aromatic heterocycles. The normalized spacial score (nSPS) is 15.3. The quantitative estimate of drug-likeness (QED) is 0.509. The molecule has 2 amide bonds. The van der Waals surface area contributed by atoms with Crippen LogP contribution in [0.3, 0.4) is 0 Å². The molecular formula is C8H4CdNO2. The second kappa shape index (κ2) is 2.65. The summed E-state index contributed by atoms with van der Waals surface area (Å²) in [6.45, 7) is 0. The first-order valence-electron chi connectivity index (χ1n) is 3.50. The third-order valence-electron chi connectivity index (χ3n) is 1.88. The van der Waals surface area contributed by atoms with Crippen molar-refractivity contribution in [2.45, 2.75) is 0 Å². The Morgan fingerprint density at radius 1 is 1.00 bits per heavy atom. The van der Waals surface area contributed by atoms with Crippen LogP contribution >= 0.6 is 0 Å². The summed E-state index contributed by atoms with van der Waals surface area (Å²) in [7, 11) is 0. The first-order chi connectivity index (χ1) is 5.72. The first kappa shape index (κ1) is 7.91. The molecule has 0 fully saturated rings. The number of nitrogens with zero attached hydrogens (tertiary/aromatic N) is 1. The maximum absolute atomic E-state index is 11.4. The molecule has 0 atom stereocenters. The van der Waals surface area contributed by atoms with Crippen molar-refractivity contribution in [3.05, 3.63) is 35.4 Å². The van der Waals surface area contributed by atoms with Gasteiger partial charge in [0.25, 0.3) is 0 Å². The number of imide groups is 1. The van der Waals surface area contributed by atoms with Gasteiger partial charge in [-0.25, -0.2) is 0 Å². The van der Waals surface area contributed by atoms with Crippen LogP contribution in [0.25, 0.3) is 0 Å². The Bertz CT molecular complexity index is 340. The number of carbonyl (C=O) groups excluding carboxylic acids is 2. The average molecular weight is 259 g/mol. The molecule has 4 heteroatoms. The number of hydrogen-bond donors (Lipinski definition) is 0. The molecule has 0 spiro atoms. The van der Waals surface area contributed by atoms with Crippen molar-refractivity contribution in [3.63, 3.8) is 0 Å². The molecule has 0 aliphatic carbocycles. The standard InChI is InChI=1S/C8H5NO2.Cd/c10-7-5-3-1-2-4-6(5)8(11)9-7;/h1-4H,(H,9,10,11);/q;+1/p-1. The fourth-order valence-corrected chi connectivity index (χ4v) is 2.21. The third kappa shape index (κ3) is 0.922. The number of rotatable bonds is 0. The monoisotopic (exact) mass is 260 g/mol. The van der Waals surface area contributed by atoms with Crippen molar-refractivity contribution in [3.8, 4) is 0 Å². The molecule has 12 heavy (non-hydrogen) atoms. The fraction of sp³-hybridized carbons (Fsp3) is 0. The van der Waals surface area contributed by atoms with Gasteiger partial charge in [-0.15, -0.1) is 0 Å². The Kier molecular flexibility index (Phi) is 1.75. The van der Waals surface area contributed by atoms with Gasteiger partial charge in [0.1, 0.15) is 0 Å². The average Bonchev–Trinajstić information content (AvgIpc) is 2.33. The van der Waals surface area contributed by atoms with Gasteiger partial charge >= 0.3 is 85.6 Å². The van der Waals surface area contributed by atoms with Crippen molar-refractivity contribution in [2.75, 3.05) is 0 Å². The van der Waals surface area contributed by atoms with Crippen LogP contribution in [-0.2, 0) is 26.1 Å². The molecule has 0 bridgehead atoms. The molecule has 0 radical (unpaired) electrons. The van der Waals surface area contributed by atoms with Crippen molar-refractivity contribution < 1.29 is 35.7 Å². The zero-order valence-corrected chi connectivity index (χ0v) is 10.3. The van der Waals surface area contributed by atoms with E-state index in [4.69, 9.17) is 0 Å². The van der Waals surface area contributed by atoms with Crippen LogP contribution in [-0.4, -0.2) is 14.5 Å². The second-order valence-corrected chi connectivity index (χ2v) is 4.39. The van der Waals surface area contributed by atoms with Crippen LogP contribution in [0, 0.1) is 0 Å². The van der Waals surface area contributed by atoms with Gasteiger partial charge in [0.05, 0.1) is 0 Å². The number of hydrogen-bond acceptors (Lipinski definition) is 2. The molecule has 0 saturated carbocycles. The zero-order chi connectivity index (χ0) is 8.72. The van der Waals surface area contributed by atoms with Crippen LogP contribution in [0.15, 0.2) is 24.3 Å². The number of fused-ring (bicyclic) bond motifs is 1. The van der Waals surface area contributed by atoms with E-state index >= 15 is 0 Å². The first-order valence-corrected chi connectivity index (χ1v) is 5.30. The minimum absolute atomic E-state index is 0.137. The van der Waals surface area contributed by atoms with Crippen LogP contribution in [0.5, 0.6) is 0 Å². The van der Waals surface area contributed by atoms with E-state index in [-0.39, 0.29) is 37.9 Å². The van der Waals surface area contributed by atoms with Gasteiger partial charge in [0.2, 0.25) is 0 Å². The molecule has 1 aromatic carbocycles. The van der Waals surface area contributed by atoms with Crippen LogP contribution in [0.4, 0.5) is 0 Å². The molecule has 1 aliphatic heterocycles. The predicted molar refractivity (Wildman–Crippen MR) is 36.9 cm³/mol. The zero-order valence-electron chi connectivity index (χ0n) is 6.28. The number of carbonyl (C=O) groups is 2. The topological polar surface area (TPSA) is 37.4 Å². The summed E-state index contributed by atoms with van der Waals surface area (Å²) < 4.78 is 1.30. The van der Waals surface area contributed by atoms with E-state index in [0.29, 0.717) is 11.1 Å². The van der Waals surface area contributed by atoms with Crippen molar-refractivity contribution in [1.29, 1.82) is 0 Å². The maximum atomic E-state index is 11.4. The van der Waals surface area contributed by atoms with E-state index in [0.717, 1.165) is 0 Å². The molecule has 0 saturated heterocycles. The number of amides is 2. The molecule has 1 aliphatic rings. The Labute approximate surface area is 85.5 Å². The molecule has 1 heterocycles. The molecule has 0 unspecified atom stereocenters. The van der Waals surface area contributed by atoms with Gasteiger partial charge in [0.15, 0.2) is 0 Å². The molecule has 3 nitrogen and oxygen atoms in total. The summed E-state index contributed by atoms with van der Waals surface area (Å²) in [6, 6.07) is 6.93. The van der Waals surface area contributed by atoms with Crippen LogP contribution < -0.4 is 0 Å². The summed E-state index contributed by atoms with van der Waals surface area (Å²) in [4.78, 5) is 22.7. The van der Waals surface area contributed by atoms with E-state index in [1.165, 1.54) is 2.71 Å². The minimum atomic E-state index is -0.137. The van der Waals surface area contributed by atoms with Gasteiger partial charge in [-0.05, 0) is 0 Å². The van der Waals surface area contributed by atoms with Gasteiger partial charge < -0.3 is 0 Å². The molecular weight excluding hydrogens is 255 g/mol. The SMILES string of the molecule is O=C1c2ccccc2C(=O)[N]1[Cd]. The Morgan fingerprint density at radius 3 is 1.83 bits per heavy atom.